The molecule has 1 atom stereocenters. The molecule has 1 saturated heterocycles. The van der Waals surface area contributed by atoms with Crippen LogP contribution >= 0.6 is 0 Å². The molecule has 0 radical (unpaired) electrons. The van der Waals surface area contributed by atoms with E-state index in [9.17, 15) is 0 Å². The molecule has 1 aliphatic heterocycles. The van der Waals surface area contributed by atoms with E-state index in [1.54, 1.807) is 0 Å². The van der Waals surface area contributed by atoms with Gasteiger partial charge in [-0.15, -0.1) is 0 Å². The van der Waals surface area contributed by atoms with Crippen molar-refractivity contribution in [2.45, 2.75) is 20.0 Å². The Morgan fingerprint density at radius 1 is 1.25 bits per heavy atom. The highest BCUT2D eigenvalue weighted by Crippen LogP contribution is 2.20. The fraction of sp³-hybridized carbons (Fsp3) is 0.538. The Bertz CT molecular complexity index is 356. The van der Waals surface area contributed by atoms with Crippen LogP contribution in [-0.4, -0.2) is 31.1 Å². The van der Waals surface area contributed by atoms with Crippen LogP contribution in [0.2, 0.25) is 0 Å². The number of nitrogens with one attached hydrogen (secondary N) is 1. The minimum atomic E-state index is 0.0435. The van der Waals surface area contributed by atoms with Gasteiger partial charge in [0.15, 0.2) is 0 Å². The van der Waals surface area contributed by atoms with Crippen molar-refractivity contribution in [3.8, 4) is 0 Å². The second kappa shape index (κ2) is 4.95. The van der Waals surface area contributed by atoms with E-state index in [2.05, 4.69) is 42.3 Å². The average molecular weight is 219 g/mol. The second-order valence-electron chi connectivity index (χ2n) is 4.59. The molecule has 88 valence electrons. The maximum absolute atomic E-state index is 6.34. The van der Waals surface area contributed by atoms with Gasteiger partial charge in [0, 0.05) is 26.2 Å². The summed E-state index contributed by atoms with van der Waals surface area (Å²) in [4.78, 5) is 2.35. The standard InChI is InChI=1S/C13H21N3/c1-10-3-4-11(2)12(9-10)13(14)16-7-5-15-6-8-16/h3-4,9,13,15H,5-8,14H2,1-2H3. The number of hydrogen-bond donors (Lipinski definition) is 2. The number of hydrogen-bond acceptors (Lipinski definition) is 3. The summed E-state index contributed by atoms with van der Waals surface area (Å²) in [5.41, 5.74) is 10.2. The predicted molar refractivity (Wildman–Crippen MR) is 67.3 cm³/mol. The van der Waals surface area contributed by atoms with Crippen LogP contribution in [0.3, 0.4) is 0 Å². The third-order valence-corrected chi connectivity index (χ3v) is 3.30. The van der Waals surface area contributed by atoms with Gasteiger partial charge >= 0.3 is 0 Å². The molecule has 1 aromatic rings. The van der Waals surface area contributed by atoms with Crippen molar-refractivity contribution in [3.63, 3.8) is 0 Å². The summed E-state index contributed by atoms with van der Waals surface area (Å²) in [6, 6.07) is 6.51. The summed E-state index contributed by atoms with van der Waals surface area (Å²) >= 11 is 0. The summed E-state index contributed by atoms with van der Waals surface area (Å²) < 4.78 is 0. The van der Waals surface area contributed by atoms with Gasteiger partial charge in [0.1, 0.15) is 0 Å². The lowest BCUT2D eigenvalue weighted by atomic mass is 10.0. The van der Waals surface area contributed by atoms with Crippen molar-refractivity contribution in [1.29, 1.82) is 0 Å². The lowest BCUT2D eigenvalue weighted by Crippen LogP contribution is -2.47. The molecular weight excluding hydrogens is 198 g/mol. The van der Waals surface area contributed by atoms with Crippen LogP contribution in [0.5, 0.6) is 0 Å². The first-order valence-corrected chi connectivity index (χ1v) is 5.96. The van der Waals surface area contributed by atoms with Gasteiger partial charge in [-0.3, -0.25) is 4.90 Å². The molecule has 0 aromatic heterocycles. The molecule has 16 heavy (non-hydrogen) atoms. The SMILES string of the molecule is Cc1ccc(C)c(C(N)N2CCNCC2)c1. The highest BCUT2D eigenvalue weighted by molar-refractivity contribution is 5.32. The second-order valence-corrected chi connectivity index (χ2v) is 4.59. The van der Waals surface area contributed by atoms with Crippen LogP contribution < -0.4 is 11.1 Å². The zero-order valence-electron chi connectivity index (χ0n) is 10.2. The Morgan fingerprint density at radius 2 is 1.94 bits per heavy atom. The minimum absolute atomic E-state index is 0.0435. The van der Waals surface area contributed by atoms with Crippen LogP contribution in [0, 0.1) is 13.8 Å². The van der Waals surface area contributed by atoms with Crippen molar-refractivity contribution in [2.24, 2.45) is 5.73 Å². The number of piperazine rings is 1. The molecule has 1 fully saturated rings. The Balaban J connectivity index is 2.18. The Labute approximate surface area is 97.6 Å². The van der Waals surface area contributed by atoms with Gasteiger partial charge in [0.25, 0.3) is 0 Å². The van der Waals surface area contributed by atoms with E-state index in [1.807, 2.05) is 0 Å². The molecule has 3 N–H and O–H groups in total. The third kappa shape index (κ3) is 2.43. The van der Waals surface area contributed by atoms with Gasteiger partial charge < -0.3 is 11.1 Å². The molecule has 1 heterocycles. The van der Waals surface area contributed by atoms with Crippen molar-refractivity contribution in [2.75, 3.05) is 26.2 Å². The van der Waals surface area contributed by atoms with Crippen molar-refractivity contribution in [1.82, 2.24) is 10.2 Å². The highest BCUT2D eigenvalue weighted by atomic mass is 15.3. The number of nitrogens with zero attached hydrogens (tertiary/aromatic N) is 1. The Hall–Kier alpha value is -0.900. The predicted octanol–water partition coefficient (Wildman–Crippen LogP) is 1.17. The van der Waals surface area contributed by atoms with E-state index in [4.69, 9.17) is 5.73 Å². The van der Waals surface area contributed by atoms with Gasteiger partial charge in [-0.1, -0.05) is 23.8 Å². The Morgan fingerprint density at radius 3 is 2.62 bits per heavy atom. The Kier molecular flexibility index (Phi) is 3.59. The summed E-state index contributed by atoms with van der Waals surface area (Å²) in [5.74, 6) is 0. The first-order chi connectivity index (χ1) is 7.68. The van der Waals surface area contributed by atoms with Crippen LogP contribution in [-0.2, 0) is 0 Å². The molecule has 1 unspecified atom stereocenters. The smallest absolute Gasteiger partial charge is 0.0839 e. The van der Waals surface area contributed by atoms with Crippen LogP contribution in [0.1, 0.15) is 22.9 Å². The molecule has 1 aromatic carbocycles. The van der Waals surface area contributed by atoms with Crippen molar-refractivity contribution < 1.29 is 0 Å². The highest BCUT2D eigenvalue weighted by Gasteiger charge is 2.19. The first kappa shape index (κ1) is 11.6. The number of aryl methyl sites for hydroxylation is 2. The number of nitrogens with two attached hydrogens (primary N) is 1. The van der Waals surface area contributed by atoms with E-state index in [1.165, 1.54) is 16.7 Å². The largest absolute Gasteiger partial charge is 0.314 e. The summed E-state index contributed by atoms with van der Waals surface area (Å²) in [5, 5.41) is 3.35. The maximum atomic E-state index is 6.34. The van der Waals surface area contributed by atoms with Gasteiger partial charge in [-0.05, 0) is 25.0 Å². The van der Waals surface area contributed by atoms with E-state index in [0.29, 0.717) is 0 Å². The molecular formula is C13H21N3. The minimum Gasteiger partial charge on any atom is -0.314 e. The normalized spacial score (nSPS) is 19.7. The van der Waals surface area contributed by atoms with Crippen LogP contribution in [0.4, 0.5) is 0 Å². The van der Waals surface area contributed by atoms with Crippen molar-refractivity contribution in [3.05, 3.63) is 34.9 Å². The van der Waals surface area contributed by atoms with Crippen molar-refractivity contribution >= 4 is 0 Å². The average Bonchev–Trinajstić information content (AvgIpc) is 2.32. The summed E-state index contributed by atoms with van der Waals surface area (Å²) in [6.45, 7) is 8.41. The van der Waals surface area contributed by atoms with Crippen LogP contribution in [0.25, 0.3) is 0 Å². The first-order valence-electron chi connectivity index (χ1n) is 5.96. The van der Waals surface area contributed by atoms with Gasteiger partial charge in [0.2, 0.25) is 0 Å². The lowest BCUT2D eigenvalue weighted by Gasteiger charge is -2.33. The van der Waals surface area contributed by atoms with Crippen LogP contribution in [0.15, 0.2) is 18.2 Å². The van der Waals surface area contributed by atoms with E-state index in [0.717, 1.165) is 26.2 Å². The fourth-order valence-corrected chi connectivity index (χ4v) is 2.24. The van der Waals surface area contributed by atoms with Gasteiger partial charge in [0.05, 0.1) is 6.17 Å². The summed E-state index contributed by atoms with van der Waals surface area (Å²) in [6.07, 6.45) is 0.0435. The molecule has 0 aliphatic carbocycles. The molecule has 1 aliphatic rings. The molecule has 3 nitrogen and oxygen atoms in total. The third-order valence-electron chi connectivity index (χ3n) is 3.30. The molecule has 0 spiro atoms. The molecule has 0 bridgehead atoms. The lowest BCUT2D eigenvalue weighted by molar-refractivity contribution is 0.177. The van der Waals surface area contributed by atoms with E-state index in [-0.39, 0.29) is 6.17 Å². The van der Waals surface area contributed by atoms with E-state index >= 15 is 0 Å². The van der Waals surface area contributed by atoms with Gasteiger partial charge in [-0.2, -0.15) is 0 Å². The molecule has 2 rings (SSSR count). The topological polar surface area (TPSA) is 41.3 Å². The zero-order chi connectivity index (χ0) is 11.5. The quantitative estimate of drug-likeness (QED) is 0.784. The zero-order valence-corrected chi connectivity index (χ0v) is 10.2. The number of benzene rings is 1. The molecule has 0 amide bonds. The summed E-state index contributed by atoms with van der Waals surface area (Å²) in [7, 11) is 0. The van der Waals surface area contributed by atoms with Gasteiger partial charge in [-0.25, -0.2) is 0 Å². The fourth-order valence-electron chi connectivity index (χ4n) is 2.24. The monoisotopic (exact) mass is 219 g/mol. The maximum Gasteiger partial charge on any atom is 0.0839 e. The van der Waals surface area contributed by atoms with E-state index < -0.39 is 0 Å². The number of rotatable bonds is 2. The molecule has 0 saturated carbocycles. The molecule has 3 heteroatoms.